The lowest BCUT2D eigenvalue weighted by molar-refractivity contribution is -0.161. The maximum atomic E-state index is 13.1. The van der Waals surface area contributed by atoms with E-state index < -0.39 is 97.5 Å². The molecule has 0 aliphatic rings. The number of aliphatic hydroxyl groups is 1. The summed E-state index contributed by atoms with van der Waals surface area (Å²) >= 11 is 0. The summed E-state index contributed by atoms with van der Waals surface area (Å²) in [4.78, 5) is 73.0. The second kappa shape index (κ2) is 75.9. The first kappa shape index (κ1) is 100. The molecule has 102 heavy (non-hydrogen) atoms. The molecule has 0 fully saturated rings. The number of ether oxygens (including phenoxy) is 4. The molecule has 0 spiro atoms. The summed E-state index contributed by atoms with van der Waals surface area (Å²) in [6.45, 7) is 7.34. The zero-order valence-corrected chi connectivity index (χ0v) is 68.5. The number of hydrogen-bond acceptors (Lipinski definition) is 15. The van der Waals surface area contributed by atoms with Crippen LogP contribution < -0.4 is 0 Å². The van der Waals surface area contributed by atoms with Gasteiger partial charge in [-0.1, -0.05) is 394 Å². The summed E-state index contributed by atoms with van der Waals surface area (Å²) in [6.07, 6.45) is 68.1. The molecule has 0 radical (unpaired) electrons. The minimum Gasteiger partial charge on any atom is -0.462 e. The van der Waals surface area contributed by atoms with Crippen LogP contribution in [0.5, 0.6) is 0 Å². The van der Waals surface area contributed by atoms with Crippen molar-refractivity contribution in [2.24, 2.45) is 5.92 Å². The Hall–Kier alpha value is -1.94. The Balaban J connectivity index is 5.19. The third kappa shape index (κ3) is 76.3. The number of carbonyl (C=O) groups excluding carboxylic acids is 4. The molecule has 0 aliphatic carbocycles. The third-order valence-electron chi connectivity index (χ3n) is 19.5. The zero-order valence-electron chi connectivity index (χ0n) is 66.8. The first-order chi connectivity index (χ1) is 49.5. The van der Waals surface area contributed by atoms with Crippen LogP contribution >= 0.6 is 15.6 Å². The Morgan fingerprint density at radius 2 is 0.451 bits per heavy atom. The van der Waals surface area contributed by atoms with E-state index in [4.69, 9.17) is 37.0 Å². The monoisotopic (exact) mass is 1490 g/mol. The molecule has 0 aliphatic heterocycles. The number of aliphatic hydroxyl groups excluding tert-OH is 1. The molecule has 5 atom stereocenters. The smallest absolute Gasteiger partial charge is 0.462 e. The van der Waals surface area contributed by atoms with Crippen molar-refractivity contribution in [2.75, 3.05) is 39.6 Å². The minimum absolute atomic E-state index is 0.109. The third-order valence-corrected chi connectivity index (χ3v) is 21.4. The first-order valence-electron chi connectivity index (χ1n) is 43.1. The lowest BCUT2D eigenvalue weighted by atomic mass is 10.0. The van der Waals surface area contributed by atoms with Crippen LogP contribution in [0.15, 0.2) is 0 Å². The molecule has 3 N–H and O–H groups in total. The molecule has 0 bridgehead atoms. The van der Waals surface area contributed by atoms with Gasteiger partial charge in [-0.3, -0.25) is 37.3 Å². The van der Waals surface area contributed by atoms with Gasteiger partial charge in [-0.15, -0.1) is 0 Å². The fraction of sp³-hybridized carbons (Fsp3) is 0.952. The fourth-order valence-electron chi connectivity index (χ4n) is 12.9. The van der Waals surface area contributed by atoms with Gasteiger partial charge in [0.15, 0.2) is 12.2 Å². The number of phosphoric ester groups is 2. The van der Waals surface area contributed by atoms with Crippen molar-refractivity contribution in [3.05, 3.63) is 0 Å². The van der Waals surface area contributed by atoms with Crippen molar-refractivity contribution in [1.82, 2.24) is 0 Å². The predicted octanol–water partition coefficient (Wildman–Crippen LogP) is 25.2. The summed E-state index contributed by atoms with van der Waals surface area (Å²) in [5, 5.41) is 10.6. The highest BCUT2D eigenvalue weighted by Crippen LogP contribution is 2.45. The number of esters is 4. The van der Waals surface area contributed by atoms with E-state index in [9.17, 15) is 43.2 Å². The van der Waals surface area contributed by atoms with Crippen LogP contribution in [-0.4, -0.2) is 96.7 Å². The van der Waals surface area contributed by atoms with Gasteiger partial charge in [-0.2, -0.15) is 0 Å². The van der Waals surface area contributed by atoms with Gasteiger partial charge in [0.2, 0.25) is 0 Å². The van der Waals surface area contributed by atoms with E-state index in [1.165, 1.54) is 270 Å². The maximum absolute atomic E-state index is 13.1. The molecule has 0 aromatic rings. The number of unbranched alkanes of at least 4 members (excludes halogenated alkanes) is 55. The molecular formula is C83H162O17P2. The standard InChI is InChI=1S/C83H162O17P2/c1-6-9-12-15-18-21-23-25-27-29-30-31-32-33-35-41-45-49-54-59-64-69-83(88)100-79(73-94-81(86)67-62-57-52-47-43-39-37-36-38-42-46-50-55-60-65-76(4)5)75-98-102(91,92)96-71-77(84)70-95-101(89,90)97-74-78(72-93-80(85)66-61-56-51-20-17-14-11-8-3)99-82(87)68-63-58-53-48-44-40-34-28-26-24-22-19-16-13-10-7-2/h76-79,84H,6-75H2,1-5H3,(H,89,90)(H,91,92)/t77-,78+,79+/m0/s1. The Morgan fingerprint density at radius 1 is 0.265 bits per heavy atom. The molecular weight excluding hydrogens is 1330 g/mol. The van der Waals surface area contributed by atoms with Crippen molar-refractivity contribution >= 4 is 39.5 Å². The molecule has 0 heterocycles. The zero-order chi connectivity index (χ0) is 74.8. The highest BCUT2D eigenvalue weighted by Gasteiger charge is 2.30. The van der Waals surface area contributed by atoms with E-state index in [2.05, 4.69) is 34.6 Å². The molecule has 19 heteroatoms. The van der Waals surface area contributed by atoms with Crippen molar-refractivity contribution in [2.45, 2.75) is 464 Å². The molecule has 0 aromatic heterocycles. The van der Waals surface area contributed by atoms with Crippen LogP contribution in [0.1, 0.15) is 446 Å². The normalized spacial score (nSPS) is 13.8. The van der Waals surface area contributed by atoms with Gasteiger partial charge in [0.05, 0.1) is 26.4 Å². The number of phosphoric acid groups is 2. The van der Waals surface area contributed by atoms with Crippen LogP contribution in [0.25, 0.3) is 0 Å². The highest BCUT2D eigenvalue weighted by molar-refractivity contribution is 7.47. The van der Waals surface area contributed by atoms with Gasteiger partial charge in [0, 0.05) is 25.7 Å². The molecule has 606 valence electrons. The molecule has 0 amide bonds. The fourth-order valence-corrected chi connectivity index (χ4v) is 14.5. The predicted molar refractivity (Wildman–Crippen MR) is 418 cm³/mol. The Bertz CT molecular complexity index is 1940. The number of carbonyl (C=O) groups is 4. The summed E-state index contributed by atoms with van der Waals surface area (Å²) < 4.78 is 68.7. The van der Waals surface area contributed by atoms with Crippen LogP contribution in [0, 0.1) is 5.92 Å². The molecule has 0 saturated heterocycles. The van der Waals surface area contributed by atoms with Crippen LogP contribution in [-0.2, 0) is 65.4 Å². The van der Waals surface area contributed by atoms with Gasteiger partial charge in [0.25, 0.3) is 0 Å². The number of rotatable bonds is 83. The van der Waals surface area contributed by atoms with E-state index in [1.54, 1.807) is 0 Å². The molecule has 0 saturated carbocycles. The van der Waals surface area contributed by atoms with Crippen LogP contribution in [0.4, 0.5) is 0 Å². The number of hydrogen-bond donors (Lipinski definition) is 3. The Kier molecular flexibility index (Phi) is 74.4. The van der Waals surface area contributed by atoms with Crippen LogP contribution in [0.2, 0.25) is 0 Å². The van der Waals surface area contributed by atoms with Crippen molar-refractivity contribution < 1.29 is 80.2 Å². The van der Waals surface area contributed by atoms with Crippen molar-refractivity contribution in [3.8, 4) is 0 Å². The van der Waals surface area contributed by atoms with E-state index in [0.29, 0.717) is 25.7 Å². The topological polar surface area (TPSA) is 237 Å². The van der Waals surface area contributed by atoms with E-state index in [0.717, 1.165) is 95.8 Å². The quantitative estimate of drug-likeness (QED) is 0.0222. The Morgan fingerprint density at radius 3 is 0.667 bits per heavy atom. The van der Waals surface area contributed by atoms with E-state index in [-0.39, 0.29) is 25.7 Å². The maximum Gasteiger partial charge on any atom is 0.472 e. The second-order valence-electron chi connectivity index (χ2n) is 30.3. The van der Waals surface area contributed by atoms with Gasteiger partial charge in [-0.25, -0.2) is 9.13 Å². The van der Waals surface area contributed by atoms with Crippen molar-refractivity contribution in [3.63, 3.8) is 0 Å². The SMILES string of the molecule is CCCCCCCCCCCCCCCCCCCCCCCC(=O)O[C@H](COC(=O)CCCCCCCCCCCCCCCCC(C)C)COP(=O)(O)OC[C@@H](O)COP(=O)(O)OC[C@@H](COC(=O)CCCCCCCCCC)OC(=O)CCCCCCCCCCCCCCCCCC. The highest BCUT2D eigenvalue weighted by atomic mass is 31.2. The lowest BCUT2D eigenvalue weighted by Gasteiger charge is -2.21. The summed E-state index contributed by atoms with van der Waals surface area (Å²) in [5.74, 6) is -1.31. The minimum atomic E-state index is -4.96. The molecule has 0 rings (SSSR count). The second-order valence-corrected chi connectivity index (χ2v) is 33.3. The van der Waals surface area contributed by atoms with E-state index >= 15 is 0 Å². The van der Waals surface area contributed by atoms with Gasteiger partial charge in [0.1, 0.15) is 19.3 Å². The van der Waals surface area contributed by atoms with Crippen molar-refractivity contribution in [1.29, 1.82) is 0 Å². The van der Waals surface area contributed by atoms with Gasteiger partial charge < -0.3 is 33.8 Å². The largest absolute Gasteiger partial charge is 0.472 e. The summed E-state index contributed by atoms with van der Waals surface area (Å²) in [7, 11) is -9.92. The van der Waals surface area contributed by atoms with Crippen LogP contribution in [0.3, 0.4) is 0 Å². The average molecular weight is 1490 g/mol. The first-order valence-corrected chi connectivity index (χ1v) is 46.1. The molecule has 17 nitrogen and oxygen atoms in total. The summed E-state index contributed by atoms with van der Waals surface area (Å²) in [6, 6.07) is 0. The van der Waals surface area contributed by atoms with Gasteiger partial charge in [-0.05, 0) is 31.6 Å². The van der Waals surface area contributed by atoms with Gasteiger partial charge >= 0.3 is 39.5 Å². The summed E-state index contributed by atoms with van der Waals surface area (Å²) in [5.41, 5.74) is 0. The molecule has 2 unspecified atom stereocenters. The van der Waals surface area contributed by atoms with E-state index in [1.807, 2.05) is 0 Å². The lowest BCUT2D eigenvalue weighted by Crippen LogP contribution is -2.30. The average Bonchev–Trinajstić information content (AvgIpc) is 0.913. The molecule has 0 aromatic carbocycles. The Labute approximate surface area is 626 Å².